The summed E-state index contributed by atoms with van der Waals surface area (Å²) in [5.41, 5.74) is 0. The van der Waals surface area contributed by atoms with Gasteiger partial charge in [0.05, 0.1) is 0 Å². The summed E-state index contributed by atoms with van der Waals surface area (Å²) in [6, 6.07) is 0.869. The van der Waals surface area contributed by atoms with E-state index in [0.29, 0.717) is 0 Å². The van der Waals surface area contributed by atoms with Gasteiger partial charge in [-0.1, -0.05) is 0 Å². The predicted molar refractivity (Wildman–Crippen MR) is 51.2 cm³/mol. The van der Waals surface area contributed by atoms with Crippen LogP contribution in [-0.4, -0.2) is 50.1 Å². The summed E-state index contributed by atoms with van der Waals surface area (Å²) >= 11 is 0. The second-order valence-electron chi connectivity index (χ2n) is 4.83. The lowest BCUT2D eigenvalue weighted by Gasteiger charge is -2.20. The molecule has 0 aromatic rings. The van der Waals surface area contributed by atoms with Gasteiger partial charge in [-0.05, 0) is 45.8 Å². The summed E-state index contributed by atoms with van der Waals surface area (Å²) in [7, 11) is 6.69. The maximum atomic E-state index is 2.49. The Morgan fingerprint density at radius 3 is 2.00 bits per heavy atom. The average Bonchev–Trinajstić information content (AvgIpc) is 2.42. The predicted octanol–water partition coefficient (Wildman–Crippen LogP) is 0.888. The summed E-state index contributed by atoms with van der Waals surface area (Å²) in [4.78, 5) is 4.89. The van der Waals surface area contributed by atoms with Gasteiger partial charge in [-0.3, -0.25) is 0 Å². The molecule has 0 bridgehead atoms. The van der Waals surface area contributed by atoms with Crippen molar-refractivity contribution in [2.75, 3.05) is 34.2 Å². The van der Waals surface area contributed by atoms with Crippen molar-refractivity contribution < 1.29 is 0 Å². The topological polar surface area (TPSA) is 6.48 Å². The van der Waals surface area contributed by atoms with E-state index >= 15 is 0 Å². The summed E-state index contributed by atoms with van der Waals surface area (Å²) in [6.45, 7) is 2.68. The SMILES string of the molecule is CN1C[C@H]2CC(N(C)C)C[C@H]2C1. The molecule has 0 amide bonds. The molecule has 70 valence electrons. The van der Waals surface area contributed by atoms with Gasteiger partial charge < -0.3 is 9.80 Å². The monoisotopic (exact) mass is 168 g/mol. The molecule has 0 N–H and O–H groups in total. The third-order valence-corrected chi connectivity index (χ3v) is 3.64. The first-order valence-corrected chi connectivity index (χ1v) is 5.02. The van der Waals surface area contributed by atoms with E-state index in [-0.39, 0.29) is 0 Å². The minimum Gasteiger partial charge on any atom is -0.306 e. The molecule has 1 aliphatic carbocycles. The van der Waals surface area contributed by atoms with E-state index in [2.05, 4.69) is 30.9 Å². The molecule has 0 spiro atoms. The number of rotatable bonds is 1. The van der Waals surface area contributed by atoms with Gasteiger partial charge in [0, 0.05) is 19.1 Å². The first-order chi connectivity index (χ1) is 5.66. The number of likely N-dealkylation sites (tertiary alicyclic amines) is 1. The zero-order valence-corrected chi connectivity index (χ0v) is 8.45. The van der Waals surface area contributed by atoms with Crippen LogP contribution in [0.25, 0.3) is 0 Å². The number of nitrogens with zero attached hydrogens (tertiary/aromatic N) is 2. The Labute approximate surface area is 75.5 Å². The molecule has 2 nitrogen and oxygen atoms in total. The normalized spacial score (nSPS) is 42.5. The molecule has 1 unspecified atom stereocenters. The van der Waals surface area contributed by atoms with Gasteiger partial charge in [-0.25, -0.2) is 0 Å². The van der Waals surface area contributed by atoms with Crippen molar-refractivity contribution in [3.8, 4) is 0 Å². The highest BCUT2D eigenvalue weighted by Crippen LogP contribution is 2.38. The van der Waals surface area contributed by atoms with E-state index in [4.69, 9.17) is 0 Å². The van der Waals surface area contributed by atoms with Crippen LogP contribution in [0, 0.1) is 11.8 Å². The third kappa shape index (κ3) is 1.38. The van der Waals surface area contributed by atoms with Crippen molar-refractivity contribution in [3.05, 3.63) is 0 Å². The van der Waals surface area contributed by atoms with Gasteiger partial charge in [0.2, 0.25) is 0 Å². The molecule has 3 atom stereocenters. The Bertz CT molecular complexity index is 153. The lowest BCUT2D eigenvalue weighted by atomic mass is 10.0. The highest BCUT2D eigenvalue weighted by molar-refractivity contribution is 4.93. The summed E-state index contributed by atoms with van der Waals surface area (Å²) in [5.74, 6) is 2.00. The quantitative estimate of drug-likeness (QED) is 0.573. The molecule has 0 radical (unpaired) electrons. The fraction of sp³-hybridized carbons (Fsp3) is 1.00. The Hall–Kier alpha value is -0.0800. The Balaban J connectivity index is 1.93. The van der Waals surface area contributed by atoms with Crippen molar-refractivity contribution in [2.24, 2.45) is 11.8 Å². The van der Waals surface area contributed by atoms with E-state index in [9.17, 15) is 0 Å². The van der Waals surface area contributed by atoms with Crippen LogP contribution in [0.15, 0.2) is 0 Å². The highest BCUT2D eigenvalue weighted by atomic mass is 15.2. The van der Waals surface area contributed by atoms with Gasteiger partial charge >= 0.3 is 0 Å². The molecule has 1 saturated carbocycles. The van der Waals surface area contributed by atoms with Crippen LogP contribution in [0.3, 0.4) is 0 Å². The minimum atomic E-state index is 0.869. The zero-order chi connectivity index (χ0) is 8.72. The molecule has 1 aliphatic heterocycles. The maximum absolute atomic E-state index is 2.49. The smallest absolute Gasteiger partial charge is 0.00956 e. The largest absolute Gasteiger partial charge is 0.306 e. The third-order valence-electron chi connectivity index (χ3n) is 3.64. The van der Waals surface area contributed by atoms with Crippen molar-refractivity contribution in [2.45, 2.75) is 18.9 Å². The second-order valence-corrected chi connectivity index (χ2v) is 4.83. The minimum absolute atomic E-state index is 0.869. The van der Waals surface area contributed by atoms with E-state index in [1.165, 1.54) is 25.9 Å². The van der Waals surface area contributed by atoms with Crippen molar-refractivity contribution in [1.29, 1.82) is 0 Å². The first-order valence-electron chi connectivity index (χ1n) is 5.02. The second kappa shape index (κ2) is 3.00. The maximum Gasteiger partial charge on any atom is 0.00956 e. The van der Waals surface area contributed by atoms with Gasteiger partial charge in [0.25, 0.3) is 0 Å². The Kier molecular flexibility index (Phi) is 2.13. The van der Waals surface area contributed by atoms with Crippen LogP contribution in [0.1, 0.15) is 12.8 Å². The molecule has 2 aliphatic rings. The van der Waals surface area contributed by atoms with E-state index in [1.807, 2.05) is 0 Å². The van der Waals surface area contributed by atoms with Crippen LogP contribution in [0.4, 0.5) is 0 Å². The molecule has 2 heteroatoms. The van der Waals surface area contributed by atoms with Gasteiger partial charge in [-0.2, -0.15) is 0 Å². The first kappa shape index (κ1) is 8.52. The van der Waals surface area contributed by atoms with E-state index < -0.39 is 0 Å². The summed E-state index contributed by atoms with van der Waals surface area (Å²) in [6.07, 6.45) is 2.87. The molecular formula is C10H20N2. The van der Waals surface area contributed by atoms with Crippen LogP contribution in [-0.2, 0) is 0 Å². The molecule has 1 saturated heterocycles. The number of fused-ring (bicyclic) bond motifs is 1. The molecule has 2 fully saturated rings. The van der Waals surface area contributed by atoms with E-state index in [0.717, 1.165) is 17.9 Å². The molecular weight excluding hydrogens is 148 g/mol. The van der Waals surface area contributed by atoms with Crippen LogP contribution < -0.4 is 0 Å². The van der Waals surface area contributed by atoms with Crippen molar-refractivity contribution in [3.63, 3.8) is 0 Å². The lowest BCUT2D eigenvalue weighted by Crippen LogP contribution is -2.27. The Morgan fingerprint density at radius 1 is 1.08 bits per heavy atom. The average molecular weight is 168 g/mol. The molecule has 1 heterocycles. The number of hydrogen-bond acceptors (Lipinski definition) is 2. The lowest BCUT2D eigenvalue weighted by molar-refractivity contribution is 0.265. The van der Waals surface area contributed by atoms with Crippen molar-refractivity contribution in [1.82, 2.24) is 9.80 Å². The Morgan fingerprint density at radius 2 is 1.58 bits per heavy atom. The molecule has 2 rings (SSSR count). The summed E-state index contributed by atoms with van der Waals surface area (Å²) < 4.78 is 0. The molecule has 12 heavy (non-hydrogen) atoms. The van der Waals surface area contributed by atoms with Gasteiger partial charge in [0.1, 0.15) is 0 Å². The van der Waals surface area contributed by atoms with Gasteiger partial charge in [-0.15, -0.1) is 0 Å². The fourth-order valence-electron chi connectivity index (χ4n) is 2.92. The van der Waals surface area contributed by atoms with Gasteiger partial charge in [0.15, 0.2) is 0 Å². The highest BCUT2D eigenvalue weighted by Gasteiger charge is 2.39. The standard InChI is InChI=1S/C10H20N2/c1-11(2)10-4-8-6-12(3)7-9(8)5-10/h8-10H,4-7H2,1-3H3/t8-,9+,10?. The molecule has 0 aromatic heterocycles. The van der Waals surface area contributed by atoms with E-state index in [1.54, 1.807) is 0 Å². The fourth-order valence-corrected chi connectivity index (χ4v) is 2.92. The van der Waals surface area contributed by atoms with Crippen LogP contribution in [0.2, 0.25) is 0 Å². The van der Waals surface area contributed by atoms with Crippen LogP contribution in [0.5, 0.6) is 0 Å². The molecule has 0 aromatic carbocycles. The van der Waals surface area contributed by atoms with Crippen LogP contribution >= 0.6 is 0 Å². The van der Waals surface area contributed by atoms with Crippen molar-refractivity contribution >= 4 is 0 Å². The zero-order valence-electron chi connectivity index (χ0n) is 8.45. The number of hydrogen-bond donors (Lipinski definition) is 0. The summed E-state index contributed by atoms with van der Waals surface area (Å²) in [5, 5.41) is 0.